The quantitative estimate of drug-likeness (QED) is 0.673. The summed E-state index contributed by atoms with van der Waals surface area (Å²) in [7, 11) is 1.68. The van der Waals surface area contributed by atoms with Crippen LogP contribution in [0.4, 0.5) is 0 Å². The molecule has 0 radical (unpaired) electrons. The molecule has 3 rings (SSSR count). The zero-order valence-electron chi connectivity index (χ0n) is 13.7. The predicted molar refractivity (Wildman–Crippen MR) is 99.0 cm³/mol. The van der Waals surface area contributed by atoms with Crippen LogP contribution in [0, 0.1) is 0 Å². The first kappa shape index (κ1) is 17.2. The van der Waals surface area contributed by atoms with Crippen molar-refractivity contribution in [3.63, 3.8) is 0 Å². The number of fused-ring (bicyclic) bond motifs is 1. The fourth-order valence-corrected chi connectivity index (χ4v) is 3.64. The van der Waals surface area contributed by atoms with Crippen molar-refractivity contribution in [2.45, 2.75) is 18.9 Å². The first-order valence-electron chi connectivity index (χ1n) is 7.75. The number of carbonyl (C=O) groups is 1. The molecule has 0 aliphatic carbocycles. The van der Waals surface area contributed by atoms with Crippen molar-refractivity contribution in [2.24, 2.45) is 4.99 Å². The summed E-state index contributed by atoms with van der Waals surface area (Å²) in [6.45, 7) is 3.98. The monoisotopic (exact) mass is 355 g/mol. The molecule has 0 fully saturated rings. The van der Waals surface area contributed by atoms with E-state index in [2.05, 4.69) is 16.6 Å². The van der Waals surface area contributed by atoms with E-state index in [4.69, 9.17) is 0 Å². The molecule has 1 unspecified atom stereocenters. The average Bonchev–Trinajstić information content (AvgIpc) is 3.06. The lowest BCUT2D eigenvalue weighted by molar-refractivity contribution is -0.140. The second kappa shape index (κ2) is 7.06. The summed E-state index contributed by atoms with van der Waals surface area (Å²) < 4.78 is 1.27. The van der Waals surface area contributed by atoms with Crippen molar-refractivity contribution in [1.29, 1.82) is 0 Å². The van der Waals surface area contributed by atoms with Crippen LogP contribution in [-0.4, -0.2) is 32.7 Å². The number of carboxylic acid groups (broad SMARTS) is 1. The summed E-state index contributed by atoms with van der Waals surface area (Å²) in [6, 6.07) is 8.73. The molecule has 1 aliphatic rings. The number of nitrogens with zero attached hydrogens (tertiary/aromatic N) is 3. The molecular formula is C18H17N3O3S. The maximum atomic E-state index is 12.8. The first-order chi connectivity index (χ1) is 12.0. The van der Waals surface area contributed by atoms with Crippen molar-refractivity contribution in [2.75, 3.05) is 7.05 Å². The lowest BCUT2D eigenvalue weighted by atomic mass is 10.2. The number of aromatic nitrogens is 2. The van der Waals surface area contributed by atoms with Gasteiger partial charge in [0.25, 0.3) is 5.56 Å². The number of carboxylic acids is 1. The highest BCUT2D eigenvalue weighted by molar-refractivity contribution is 8.22. The van der Waals surface area contributed by atoms with Crippen LogP contribution in [0.2, 0.25) is 0 Å². The summed E-state index contributed by atoms with van der Waals surface area (Å²) >= 11 is 1.27. The fourth-order valence-electron chi connectivity index (χ4n) is 2.82. The van der Waals surface area contributed by atoms with E-state index in [0.717, 1.165) is 10.6 Å². The highest BCUT2D eigenvalue weighted by atomic mass is 32.2. The molecule has 7 heteroatoms. The molecule has 2 heterocycles. The molecule has 1 N–H and O–H groups in total. The Morgan fingerprint density at radius 2 is 2.12 bits per heavy atom. The molecule has 0 bridgehead atoms. The second-order valence-electron chi connectivity index (χ2n) is 5.58. The van der Waals surface area contributed by atoms with Crippen LogP contribution in [0.5, 0.6) is 0 Å². The Balaban J connectivity index is 1.93. The van der Waals surface area contributed by atoms with Gasteiger partial charge < -0.3 is 5.11 Å². The number of thioether (sulfide) groups is 1. The van der Waals surface area contributed by atoms with Gasteiger partial charge in [-0.3, -0.25) is 14.4 Å². The predicted octanol–water partition coefficient (Wildman–Crippen LogP) is 2.60. The van der Waals surface area contributed by atoms with Gasteiger partial charge in [0, 0.05) is 30.1 Å². The van der Waals surface area contributed by atoms with E-state index in [9.17, 15) is 14.7 Å². The molecule has 0 spiro atoms. The van der Waals surface area contributed by atoms with Crippen molar-refractivity contribution < 1.29 is 9.90 Å². The number of aryl methyl sites for hydroxylation is 1. The lowest BCUT2D eigenvalue weighted by Gasteiger charge is -2.12. The average molecular weight is 355 g/mol. The number of benzene rings is 1. The molecule has 128 valence electrons. The minimum absolute atomic E-state index is 0.305. The normalized spacial score (nSPS) is 16.5. The standard InChI is InChI=1S/C18H17N3O3S/c1-11(25-16(19-2)12-6-4-3-5-7-12)13-10-20-15-9-8-14(18(23)24)21(15)17(13)22/h3-7,10,14H,1,8-9H2,2H3,(H,23,24). The number of aliphatic imine (C=N–C) groups is 1. The Morgan fingerprint density at radius 3 is 2.76 bits per heavy atom. The summed E-state index contributed by atoms with van der Waals surface area (Å²) in [4.78, 5) is 33.2. The summed E-state index contributed by atoms with van der Waals surface area (Å²) in [5, 5.41) is 10.0. The van der Waals surface area contributed by atoms with Gasteiger partial charge in [-0.05, 0) is 6.42 Å². The van der Waals surface area contributed by atoms with Crippen LogP contribution in [-0.2, 0) is 11.2 Å². The zero-order chi connectivity index (χ0) is 18.0. The number of rotatable bonds is 4. The molecule has 1 aromatic carbocycles. The molecule has 2 aromatic rings. The lowest BCUT2D eigenvalue weighted by Crippen LogP contribution is -2.30. The van der Waals surface area contributed by atoms with E-state index in [0.29, 0.717) is 29.1 Å². The van der Waals surface area contributed by atoms with Crippen molar-refractivity contribution in [3.8, 4) is 0 Å². The zero-order valence-corrected chi connectivity index (χ0v) is 14.5. The third-order valence-corrected chi connectivity index (χ3v) is 5.13. The van der Waals surface area contributed by atoms with Gasteiger partial charge in [-0.25, -0.2) is 9.78 Å². The molecule has 1 atom stereocenters. The second-order valence-corrected chi connectivity index (χ2v) is 6.66. The van der Waals surface area contributed by atoms with Crippen molar-refractivity contribution >= 4 is 27.7 Å². The van der Waals surface area contributed by atoms with E-state index < -0.39 is 12.0 Å². The van der Waals surface area contributed by atoms with Gasteiger partial charge in [-0.2, -0.15) is 0 Å². The highest BCUT2D eigenvalue weighted by Crippen LogP contribution is 2.29. The molecule has 0 saturated carbocycles. The van der Waals surface area contributed by atoms with Crippen LogP contribution in [0.15, 0.2) is 52.9 Å². The van der Waals surface area contributed by atoms with Gasteiger partial charge in [0.05, 0.1) is 5.56 Å². The Morgan fingerprint density at radius 1 is 1.40 bits per heavy atom. The smallest absolute Gasteiger partial charge is 0.326 e. The Kier molecular flexibility index (Phi) is 4.85. The minimum atomic E-state index is -1.02. The van der Waals surface area contributed by atoms with Crippen LogP contribution in [0.25, 0.3) is 4.91 Å². The molecule has 1 aliphatic heterocycles. The van der Waals surface area contributed by atoms with Crippen molar-refractivity contribution in [3.05, 3.63) is 70.4 Å². The third kappa shape index (κ3) is 3.28. The van der Waals surface area contributed by atoms with E-state index in [1.165, 1.54) is 22.5 Å². The fraction of sp³-hybridized carbons (Fsp3) is 0.222. The third-order valence-electron chi connectivity index (χ3n) is 4.05. The number of aliphatic carboxylic acids is 1. The van der Waals surface area contributed by atoms with E-state index in [1.807, 2.05) is 30.3 Å². The van der Waals surface area contributed by atoms with Crippen LogP contribution in [0.3, 0.4) is 0 Å². The van der Waals surface area contributed by atoms with Gasteiger partial charge in [-0.15, -0.1) is 0 Å². The number of hydrogen-bond donors (Lipinski definition) is 1. The summed E-state index contributed by atoms with van der Waals surface area (Å²) in [5.41, 5.74) is 0.865. The molecular weight excluding hydrogens is 338 g/mol. The maximum absolute atomic E-state index is 12.8. The Labute approximate surface area is 148 Å². The van der Waals surface area contributed by atoms with Gasteiger partial charge in [0.1, 0.15) is 16.9 Å². The van der Waals surface area contributed by atoms with Gasteiger partial charge in [0.2, 0.25) is 0 Å². The SMILES string of the molecule is C=C(SC(=NC)c1ccccc1)c1cnc2n(c1=O)C(C(=O)O)CC2. The summed E-state index contributed by atoms with van der Waals surface area (Å²) in [5.74, 6) is -0.510. The van der Waals surface area contributed by atoms with Gasteiger partial charge in [0.15, 0.2) is 0 Å². The minimum Gasteiger partial charge on any atom is -0.480 e. The highest BCUT2D eigenvalue weighted by Gasteiger charge is 2.31. The topological polar surface area (TPSA) is 84.5 Å². The van der Waals surface area contributed by atoms with Crippen LogP contribution in [0.1, 0.15) is 29.4 Å². The molecule has 0 saturated heterocycles. The van der Waals surface area contributed by atoms with Gasteiger partial charge >= 0.3 is 5.97 Å². The molecule has 1 aromatic heterocycles. The number of hydrogen-bond acceptors (Lipinski definition) is 5. The van der Waals surface area contributed by atoms with E-state index >= 15 is 0 Å². The van der Waals surface area contributed by atoms with Crippen LogP contribution < -0.4 is 5.56 Å². The Hall–Kier alpha value is -2.67. The maximum Gasteiger partial charge on any atom is 0.326 e. The molecule has 25 heavy (non-hydrogen) atoms. The van der Waals surface area contributed by atoms with E-state index in [-0.39, 0.29) is 5.56 Å². The van der Waals surface area contributed by atoms with Gasteiger partial charge in [-0.1, -0.05) is 48.7 Å². The Bertz CT molecular complexity index is 919. The molecule has 6 nitrogen and oxygen atoms in total. The first-order valence-corrected chi connectivity index (χ1v) is 8.57. The van der Waals surface area contributed by atoms with E-state index in [1.54, 1.807) is 7.05 Å². The van der Waals surface area contributed by atoms with Crippen LogP contribution >= 0.6 is 11.8 Å². The van der Waals surface area contributed by atoms with Crippen molar-refractivity contribution in [1.82, 2.24) is 9.55 Å². The largest absolute Gasteiger partial charge is 0.480 e. The summed E-state index contributed by atoms with van der Waals surface area (Å²) in [6.07, 6.45) is 2.34. The molecule has 0 amide bonds.